The minimum Gasteiger partial charge on any atom is -0.210 e. The normalized spacial score (nSPS) is 12.2. The Morgan fingerprint density at radius 3 is 1.38 bits per heavy atom. The van der Waals surface area contributed by atoms with E-state index in [0.29, 0.717) is 0 Å². The zero-order chi connectivity index (χ0) is 10.5. The van der Waals surface area contributed by atoms with Crippen molar-refractivity contribution in [2.75, 3.05) is 0 Å². The van der Waals surface area contributed by atoms with Gasteiger partial charge in [0.2, 0.25) is 12.2 Å². The van der Waals surface area contributed by atoms with E-state index >= 15 is 0 Å². The first-order valence-corrected chi connectivity index (χ1v) is 5.67. The molecule has 5 heteroatoms. The fourth-order valence-electron chi connectivity index (χ4n) is 1.11. The lowest BCUT2D eigenvalue weighted by atomic mass is 10.5. The molecule has 0 fully saturated rings. The second-order valence-electron chi connectivity index (χ2n) is 3.10. The van der Waals surface area contributed by atoms with Crippen LogP contribution in [0.2, 0.25) is 0 Å². The van der Waals surface area contributed by atoms with E-state index in [0.717, 1.165) is 0 Å². The Morgan fingerprint density at radius 1 is 0.923 bits per heavy atom. The van der Waals surface area contributed by atoms with Gasteiger partial charge in [0.25, 0.3) is 0 Å². The molecule has 13 heavy (non-hydrogen) atoms. The van der Waals surface area contributed by atoms with E-state index < -0.39 is 10.4 Å². The largest absolute Gasteiger partial charge is 0.247 e. The van der Waals surface area contributed by atoms with Crippen molar-refractivity contribution in [1.82, 2.24) is 0 Å². The van der Waals surface area contributed by atoms with Gasteiger partial charge in [0.1, 0.15) is 0 Å². The zero-order valence-corrected chi connectivity index (χ0v) is 9.09. The number of rotatable bonds is 4. The van der Waals surface area contributed by atoms with Gasteiger partial charge in [-0.3, -0.25) is 0 Å². The van der Waals surface area contributed by atoms with Crippen molar-refractivity contribution in [3.8, 4) is 0 Å². The molecule has 0 amide bonds. The number of carbonyl (C=O) groups excluding carboxylic acids is 2. The molecular formula is C8H14N2O2S. The fraction of sp³-hybridized carbons (Fsp3) is 0.750. The summed E-state index contributed by atoms with van der Waals surface area (Å²) in [6, 6.07) is 0. The minimum absolute atomic E-state index is 0.0513. The molecule has 0 heterocycles. The van der Waals surface area contributed by atoms with Gasteiger partial charge in [-0.05, 0) is 10.4 Å². The molecule has 0 rings (SSSR count). The van der Waals surface area contributed by atoms with Crippen LogP contribution in [0, 0.1) is 0 Å². The maximum Gasteiger partial charge on any atom is 0.247 e. The van der Waals surface area contributed by atoms with E-state index in [1.807, 2.05) is 27.7 Å². The summed E-state index contributed by atoms with van der Waals surface area (Å²) in [7, 11) is -1.93. The Hall–Kier alpha value is -0.890. The molecule has 0 aliphatic carbocycles. The summed E-state index contributed by atoms with van der Waals surface area (Å²) in [4.78, 5) is 20.5. The van der Waals surface area contributed by atoms with E-state index in [1.54, 1.807) is 0 Å². The summed E-state index contributed by atoms with van der Waals surface area (Å²) in [5.74, 6) is 0. The molecule has 0 saturated carbocycles. The van der Waals surface area contributed by atoms with E-state index in [2.05, 4.69) is 8.80 Å². The third kappa shape index (κ3) is 2.52. The second kappa shape index (κ2) is 4.97. The summed E-state index contributed by atoms with van der Waals surface area (Å²) < 4.78 is 7.39. The predicted molar refractivity (Wildman–Crippen MR) is 54.1 cm³/mol. The molecule has 0 radical (unpaired) electrons. The van der Waals surface area contributed by atoms with Crippen LogP contribution in [0.15, 0.2) is 8.80 Å². The van der Waals surface area contributed by atoms with E-state index in [-0.39, 0.29) is 10.5 Å². The van der Waals surface area contributed by atoms with Crippen molar-refractivity contribution in [2.24, 2.45) is 8.80 Å². The average Bonchev–Trinajstić information content (AvgIpc) is 2.03. The predicted octanol–water partition coefficient (Wildman–Crippen LogP) is 2.11. The van der Waals surface area contributed by atoms with Crippen LogP contribution in [0.25, 0.3) is 0 Å². The first-order chi connectivity index (χ1) is 6.01. The number of hydrogen-bond acceptors (Lipinski definition) is 4. The lowest BCUT2D eigenvalue weighted by Crippen LogP contribution is -2.16. The van der Waals surface area contributed by atoms with E-state index in [9.17, 15) is 9.59 Å². The Bertz CT molecular complexity index is 235. The average molecular weight is 202 g/mol. The van der Waals surface area contributed by atoms with Crippen LogP contribution in [0.4, 0.5) is 0 Å². The summed E-state index contributed by atoms with van der Waals surface area (Å²) in [6.45, 7) is 7.54. The molecule has 0 N–H and O–H groups in total. The molecule has 0 aliphatic heterocycles. The van der Waals surface area contributed by atoms with Gasteiger partial charge in [0.15, 0.2) is 0 Å². The number of isocyanates is 2. The topological polar surface area (TPSA) is 58.9 Å². The van der Waals surface area contributed by atoms with Gasteiger partial charge in [-0.25, -0.2) is 9.59 Å². The van der Waals surface area contributed by atoms with Crippen LogP contribution in [0.5, 0.6) is 0 Å². The lowest BCUT2D eigenvalue weighted by molar-refractivity contribution is 0.566. The Morgan fingerprint density at radius 2 is 1.23 bits per heavy atom. The Balaban J connectivity index is 5.28. The maximum atomic E-state index is 10.2. The molecule has 0 aromatic rings. The summed E-state index contributed by atoms with van der Waals surface area (Å²) in [6.07, 6.45) is 2.99. The van der Waals surface area contributed by atoms with Crippen molar-refractivity contribution < 1.29 is 9.59 Å². The smallest absolute Gasteiger partial charge is 0.210 e. The highest BCUT2D eigenvalue weighted by Crippen LogP contribution is 2.58. The fourth-order valence-corrected chi connectivity index (χ4v) is 3.32. The van der Waals surface area contributed by atoms with Gasteiger partial charge in [0.05, 0.1) is 0 Å². The molecular weight excluding hydrogens is 188 g/mol. The molecule has 0 aliphatic rings. The molecule has 0 atom stereocenters. The van der Waals surface area contributed by atoms with Gasteiger partial charge >= 0.3 is 0 Å². The van der Waals surface area contributed by atoms with Crippen LogP contribution >= 0.6 is 10.4 Å². The Kier molecular flexibility index (Phi) is 4.63. The molecule has 0 spiro atoms. The molecule has 0 aromatic carbocycles. The zero-order valence-electron chi connectivity index (χ0n) is 8.27. The van der Waals surface area contributed by atoms with Crippen LogP contribution < -0.4 is 0 Å². The first-order valence-electron chi connectivity index (χ1n) is 4.00. The lowest BCUT2D eigenvalue weighted by Gasteiger charge is -2.35. The maximum absolute atomic E-state index is 10.2. The van der Waals surface area contributed by atoms with Crippen molar-refractivity contribution in [1.29, 1.82) is 0 Å². The SMILES string of the molecule is CC(C)S(N=C=O)(N=C=O)C(C)C. The van der Waals surface area contributed by atoms with E-state index in [4.69, 9.17) is 0 Å². The molecule has 74 valence electrons. The molecule has 0 saturated heterocycles. The van der Waals surface area contributed by atoms with Gasteiger partial charge in [-0.15, -0.1) is 8.80 Å². The number of hydrogen-bond donors (Lipinski definition) is 0. The van der Waals surface area contributed by atoms with Crippen molar-refractivity contribution in [2.45, 2.75) is 38.2 Å². The number of nitrogens with zero attached hydrogens (tertiary/aromatic N) is 2. The van der Waals surface area contributed by atoms with Crippen molar-refractivity contribution in [3.63, 3.8) is 0 Å². The van der Waals surface area contributed by atoms with Gasteiger partial charge in [0, 0.05) is 10.5 Å². The molecule has 0 bridgehead atoms. The summed E-state index contributed by atoms with van der Waals surface area (Å²) in [5, 5.41) is 0.103. The highest BCUT2D eigenvalue weighted by molar-refractivity contribution is 8.32. The van der Waals surface area contributed by atoms with E-state index in [1.165, 1.54) is 12.2 Å². The highest BCUT2D eigenvalue weighted by Gasteiger charge is 2.31. The van der Waals surface area contributed by atoms with Gasteiger partial charge in [-0.2, -0.15) is 0 Å². The minimum atomic E-state index is -1.93. The summed E-state index contributed by atoms with van der Waals surface area (Å²) >= 11 is 0. The van der Waals surface area contributed by atoms with Crippen LogP contribution in [0.1, 0.15) is 27.7 Å². The van der Waals surface area contributed by atoms with Crippen LogP contribution in [0.3, 0.4) is 0 Å². The van der Waals surface area contributed by atoms with Crippen LogP contribution in [-0.2, 0) is 9.59 Å². The molecule has 4 nitrogen and oxygen atoms in total. The highest BCUT2D eigenvalue weighted by atomic mass is 32.3. The third-order valence-corrected chi connectivity index (χ3v) is 5.26. The third-order valence-electron chi connectivity index (χ3n) is 1.75. The molecule has 0 aromatic heterocycles. The molecule has 0 unspecified atom stereocenters. The van der Waals surface area contributed by atoms with Crippen molar-refractivity contribution in [3.05, 3.63) is 0 Å². The van der Waals surface area contributed by atoms with Gasteiger partial charge in [-0.1, -0.05) is 27.7 Å². The summed E-state index contributed by atoms with van der Waals surface area (Å²) in [5.41, 5.74) is 0. The first kappa shape index (κ1) is 12.1. The quantitative estimate of drug-likeness (QED) is 0.518. The monoisotopic (exact) mass is 202 g/mol. The Labute approximate surface area is 79.7 Å². The van der Waals surface area contributed by atoms with Crippen molar-refractivity contribution >= 4 is 22.6 Å². The second-order valence-corrected chi connectivity index (χ2v) is 6.63. The standard InChI is InChI=1S/C8H14N2O2S/c1-7(2)13(8(3)4,9-5-11)10-6-12/h7-8H,1-4H3. The van der Waals surface area contributed by atoms with Crippen LogP contribution in [-0.4, -0.2) is 22.7 Å². The van der Waals surface area contributed by atoms with Gasteiger partial charge < -0.3 is 0 Å².